The largest absolute Gasteiger partial charge is 0.493 e. The molecule has 0 fully saturated rings. The van der Waals surface area contributed by atoms with Crippen LogP contribution < -0.4 is 20.6 Å². The van der Waals surface area contributed by atoms with E-state index in [-0.39, 0.29) is 18.3 Å². The second kappa shape index (κ2) is 9.60. The molecule has 29 heavy (non-hydrogen) atoms. The summed E-state index contributed by atoms with van der Waals surface area (Å²) in [4.78, 5) is 30.3. The highest BCUT2D eigenvalue weighted by atomic mass is 32.2. The summed E-state index contributed by atoms with van der Waals surface area (Å²) >= 11 is 1.29. The third-order valence-corrected chi connectivity index (χ3v) is 4.54. The first-order valence-electron chi connectivity index (χ1n) is 8.54. The van der Waals surface area contributed by atoms with Crippen molar-refractivity contribution >= 4 is 40.8 Å². The Hall–Kier alpha value is -3.53. The van der Waals surface area contributed by atoms with Crippen LogP contribution in [0.25, 0.3) is 11.0 Å². The lowest BCUT2D eigenvalue weighted by Crippen LogP contribution is -2.20. The smallest absolute Gasteiger partial charge is 0.255 e. The molecular weight excluding hydrogens is 394 g/mol. The first kappa shape index (κ1) is 20.2. The zero-order valence-corrected chi connectivity index (χ0v) is 16.4. The van der Waals surface area contributed by atoms with Crippen LogP contribution in [0.4, 0.5) is 0 Å². The molecule has 0 saturated heterocycles. The van der Waals surface area contributed by atoms with Crippen molar-refractivity contribution in [3.05, 3.63) is 48.0 Å². The van der Waals surface area contributed by atoms with Crippen molar-refractivity contribution in [1.29, 1.82) is 0 Å². The van der Waals surface area contributed by atoms with Gasteiger partial charge in [-0.1, -0.05) is 23.9 Å². The van der Waals surface area contributed by atoms with Gasteiger partial charge in [0.05, 0.1) is 30.1 Å². The molecule has 0 unspecified atom stereocenters. The van der Waals surface area contributed by atoms with Gasteiger partial charge in [-0.25, -0.2) is 10.4 Å². The summed E-state index contributed by atoms with van der Waals surface area (Å²) in [5, 5.41) is 4.61. The van der Waals surface area contributed by atoms with Crippen LogP contribution in [0.15, 0.2) is 52.7 Å². The van der Waals surface area contributed by atoms with Crippen molar-refractivity contribution in [3.63, 3.8) is 0 Å². The van der Waals surface area contributed by atoms with Crippen molar-refractivity contribution in [2.45, 2.75) is 5.16 Å². The van der Waals surface area contributed by atoms with Gasteiger partial charge in [0.25, 0.3) is 11.8 Å². The normalized spacial score (nSPS) is 10.9. The van der Waals surface area contributed by atoms with Crippen LogP contribution >= 0.6 is 11.8 Å². The summed E-state index contributed by atoms with van der Waals surface area (Å²) in [5.41, 5.74) is 9.98. The molecule has 4 N–H and O–H groups in total. The molecule has 10 heteroatoms. The Morgan fingerprint density at radius 1 is 1.28 bits per heavy atom. The van der Waals surface area contributed by atoms with Gasteiger partial charge in [0, 0.05) is 0 Å². The lowest BCUT2D eigenvalue weighted by Gasteiger charge is -2.09. The second-order valence-corrected chi connectivity index (χ2v) is 6.77. The summed E-state index contributed by atoms with van der Waals surface area (Å²) in [6.07, 6.45) is 1.48. The molecule has 2 aromatic carbocycles. The van der Waals surface area contributed by atoms with Crippen molar-refractivity contribution in [2.75, 3.05) is 19.5 Å². The van der Waals surface area contributed by atoms with Gasteiger partial charge < -0.3 is 20.2 Å². The number of thioether (sulfide) groups is 1. The van der Waals surface area contributed by atoms with E-state index in [0.717, 1.165) is 11.0 Å². The third-order valence-electron chi connectivity index (χ3n) is 3.67. The quantitative estimate of drug-likeness (QED) is 0.278. The molecule has 9 nitrogen and oxygen atoms in total. The number of aromatic amines is 1. The number of para-hydroxylation sites is 2. The molecule has 1 heterocycles. The van der Waals surface area contributed by atoms with Gasteiger partial charge >= 0.3 is 0 Å². The van der Waals surface area contributed by atoms with Gasteiger partial charge in [-0.15, -0.1) is 0 Å². The number of aromatic nitrogens is 2. The Kier molecular flexibility index (Phi) is 6.69. The van der Waals surface area contributed by atoms with Crippen LogP contribution in [0.1, 0.15) is 5.56 Å². The minimum Gasteiger partial charge on any atom is -0.493 e. The van der Waals surface area contributed by atoms with Gasteiger partial charge in [-0.05, 0) is 35.9 Å². The predicted octanol–water partition coefficient (Wildman–Crippen LogP) is 1.68. The maximum Gasteiger partial charge on any atom is 0.255 e. The number of methoxy groups -OCH3 is 1. The summed E-state index contributed by atoms with van der Waals surface area (Å²) in [5.74, 6) is 0.123. The molecule has 0 aliphatic carbocycles. The molecule has 0 aliphatic rings. The van der Waals surface area contributed by atoms with Crippen LogP contribution in [-0.2, 0) is 9.59 Å². The van der Waals surface area contributed by atoms with Crippen LogP contribution in [0.2, 0.25) is 0 Å². The number of imidazole rings is 1. The Morgan fingerprint density at radius 2 is 2.10 bits per heavy atom. The molecule has 0 atom stereocenters. The van der Waals surface area contributed by atoms with Crippen LogP contribution in [-0.4, -0.2) is 47.5 Å². The van der Waals surface area contributed by atoms with Gasteiger partial charge in [-0.3, -0.25) is 9.59 Å². The van der Waals surface area contributed by atoms with Crippen molar-refractivity contribution < 1.29 is 19.1 Å². The molecular formula is C19H19N5O4S. The SMILES string of the molecule is COc1cc(/C=N/NC(=O)CSc2nc3ccccc3[nH]2)ccc1OCC(N)=O. The van der Waals surface area contributed by atoms with Gasteiger partial charge in [-0.2, -0.15) is 5.10 Å². The molecule has 3 rings (SSSR count). The highest BCUT2D eigenvalue weighted by Crippen LogP contribution is 2.27. The van der Waals surface area contributed by atoms with E-state index >= 15 is 0 Å². The van der Waals surface area contributed by atoms with E-state index in [1.165, 1.54) is 25.1 Å². The first-order valence-corrected chi connectivity index (χ1v) is 9.52. The molecule has 0 aliphatic heterocycles. The molecule has 0 spiro atoms. The third kappa shape index (κ3) is 5.72. The number of H-pyrrole nitrogens is 1. The predicted molar refractivity (Wildman–Crippen MR) is 110 cm³/mol. The minimum absolute atomic E-state index is 0.167. The Morgan fingerprint density at radius 3 is 2.86 bits per heavy atom. The van der Waals surface area contributed by atoms with Crippen LogP contribution in [0.3, 0.4) is 0 Å². The maximum atomic E-state index is 12.0. The van der Waals surface area contributed by atoms with Crippen molar-refractivity contribution in [3.8, 4) is 11.5 Å². The number of primary amides is 1. The number of hydrogen-bond donors (Lipinski definition) is 3. The number of rotatable bonds is 9. The molecule has 0 bridgehead atoms. The maximum absolute atomic E-state index is 12.0. The van der Waals surface area contributed by atoms with E-state index in [0.29, 0.717) is 22.2 Å². The number of amides is 2. The molecule has 150 valence electrons. The van der Waals surface area contributed by atoms with Gasteiger partial charge in [0.15, 0.2) is 23.3 Å². The zero-order valence-electron chi connectivity index (χ0n) is 15.5. The number of hydrazone groups is 1. The summed E-state index contributed by atoms with van der Waals surface area (Å²) < 4.78 is 10.5. The van der Waals surface area contributed by atoms with E-state index in [9.17, 15) is 9.59 Å². The molecule has 3 aromatic rings. The van der Waals surface area contributed by atoms with E-state index in [1.54, 1.807) is 18.2 Å². The average Bonchev–Trinajstić information content (AvgIpc) is 3.14. The highest BCUT2D eigenvalue weighted by Gasteiger charge is 2.08. The summed E-state index contributed by atoms with van der Waals surface area (Å²) in [6, 6.07) is 12.6. The fourth-order valence-corrected chi connectivity index (χ4v) is 3.05. The number of nitrogens with zero attached hydrogens (tertiary/aromatic N) is 2. The lowest BCUT2D eigenvalue weighted by atomic mass is 10.2. The Labute approximate surface area is 170 Å². The van der Waals surface area contributed by atoms with Crippen molar-refractivity contribution in [1.82, 2.24) is 15.4 Å². The fraction of sp³-hybridized carbons (Fsp3) is 0.158. The van der Waals surface area contributed by atoms with Crippen LogP contribution in [0.5, 0.6) is 11.5 Å². The number of carbonyl (C=O) groups is 2. The van der Waals surface area contributed by atoms with Gasteiger partial charge in [0.2, 0.25) is 0 Å². The topological polar surface area (TPSA) is 132 Å². The number of fused-ring (bicyclic) bond motifs is 1. The fourth-order valence-electron chi connectivity index (χ4n) is 2.38. The lowest BCUT2D eigenvalue weighted by molar-refractivity contribution is -0.120. The summed E-state index contributed by atoms with van der Waals surface area (Å²) in [6.45, 7) is -0.247. The standard InChI is InChI=1S/C19H19N5O4S/c1-27-16-8-12(6-7-15(16)28-10-17(20)25)9-21-24-18(26)11-29-19-22-13-4-2-3-5-14(13)23-19/h2-9H,10-11H2,1H3,(H2,20,25)(H,22,23)(H,24,26)/b21-9+. The molecule has 0 radical (unpaired) electrons. The van der Waals surface area contributed by atoms with E-state index in [2.05, 4.69) is 20.5 Å². The number of benzene rings is 2. The van der Waals surface area contributed by atoms with E-state index in [4.69, 9.17) is 15.2 Å². The zero-order chi connectivity index (χ0) is 20.6. The highest BCUT2D eigenvalue weighted by molar-refractivity contribution is 7.99. The summed E-state index contributed by atoms with van der Waals surface area (Å²) in [7, 11) is 1.48. The second-order valence-electron chi connectivity index (χ2n) is 5.81. The number of nitrogens with two attached hydrogens (primary N) is 1. The molecule has 2 amide bonds. The van der Waals surface area contributed by atoms with Crippen molar-refractivity contribution in [2.24, 2.45) is 10.8 Å². The molecule has 0 saturated carbocycles. The molecule has 1 aromatic heterocycles. The average molecular weight is 413 g/mol. The van der Waals surface area contributed by atoms with E-state index in [1.807, 2.05) is 24.3 Å². The minimum atomic E-state index is -0.582. The number of ether oxygens (including phenoxy) is 2. The Bertz CT molecular complexity index is 1020. The monoisotopic (exact) mass is 413 g/mol. The van der Waals surface area contributed by atoms with Gasteiger partial charge in [0.1, 0.15) is 0 Å². The number of nitrogens with one attached hydrogen (secondary N) is 2. The Balaban J connectivity index is 1.51. The van der Waals surface area contributed by atoms with E-state index < -0.39 is 5.91 Å². The number of carbonyl (C=O) groups excluding carboxylic acids is 2. The number of hydrogen-bond acceptors (Lipinski definition) is 7. The first-order chi connectivity index (χ1) is 14.0. The van der Waals surface area contributed by atoms with Crippen LogP contribution in [0, 0.1) is 0 Å².